The highest BCUT2D eigenvalue weighted by molar-refractivity contribution is 9.10. The van der Waals surface area contributed by atoms with Gasteiger partial charge in [-0.3, -0.25) is 15.1 Å². The number of pyridine rings is 1. The van der Waals surface area contributed by atoms with Crippen molar-refractivity contribution in [3.05, 3.63) is 51.6 Å². The summed E-state index contributed by atoms with van der Waals surface area (Å²) in [5.41, 5.74) is 3.15. The van der Waals surface area contributed by atoms with Crippen LogP contribution in [0.25, 0.3) is 0 Å². The van der Waals surface area contributed by atoms with Crippen LogP contribution in [0.5, 0.6) is 5.88 Å². The lowest BCUT2D eigenvalue weighted by Gasteiger charge is -2.12. The second kappa shape index (κ2) is 11.6. The molecule has 132 valence electrons. The van der Waals surface area contributed by atoms with E-state index in [9.17, 15) is 4.79 Å². The summed E-state index contributed by atoms with van der Waals surface area (Å²) in [4.78, 5) is 14.5. The van der Waals surface area contributed by atoms with Gasteiger partial charge < -0.3 is 4.74 Å². The van der Waals surface area contributed by atoms with Crippen LogP contribution in [0.2, 0.25) is 0 Å². The van der Waals surface area contributed by atoms with Crippen LogP contribution in [0.3, 0.4) is 0 Å². The molecule has 1 heterocycles. The predicted octanol–water partition coefficient (Wildman–Crippen LogP) is 4.82. The largest absolute Gasteiger partial charge is 0.481 e. The molecule has 0 bridgehead atoms. The molecule has 1 aromatic carbocycles. The number of halogens is 1. The number of aromatic nitrogens is 1. The fraction of sp³-hybridized carbons (Fsp3) is 0.333. The number of ether oxygens (including phenoxy) is 1. The first-order valence-corrected chi connectivity index (χ1v) is 8.34. The van der Waals surface area contributed by atoms with E-state index in [0.717, 1.165) is 32.6 Å². The van der Waals surface area contributed by atoms with Crippen molar-refractivity contribution in [1.29, 1.82) is 0 Å². The summed E-state index contributed by atoms with van der Waals surface area (Å²) in [6.45, 7) is 7.72. The molecule has 24 heavy (non-hydrogen) atoms. The minimum atomic E-state index is 0.554. The number of methoxy groups -OCH3 is 1. The van der Waals surface area contributed by atoms with Crippen LogP contribution in [0.1, 0.15) is 35.5 Å². The summed E-state index contributed by atoms with van der Waals surface area (Å²) in [7, 11) is 3.11. The quantitative estimate of drug-likeness (QED) is 0.594. The Morgan fingerprint density at radius 3 is 2.21 bits per heavy atom. The Bertz CT molecular complexity index is 626. The molecule has 0 aliphatic carbocycles. The summed E-state index contributed by atoms with van der Waals surface area (Å²) in [5.74, 6) is 0.554. The van der Waals surface area contributed by atoms with Crippen molar-refractivity contribution in [1.82, 2.24) is 4.98 Å². The van der Waals surface area contributed by atoms with Gasteiger partial charge in [-0.1, -0.05) is 41.9 Å². The van der Waals surface area contributed by atoms with Gasteiger partial charge in [-0.15, -0.1) is 0 Å². The van der Waals surface area contributed by atoms with Gasteiger partial charge in [-0.25, -0.2) is 4.98 Å². The predicted molar refractivity (Wildman–Crippen MR) is 101 cm³/mol. The normalized spacial score (nSPS) is 9.00. The number of carbonyl (C=O) groups is 1. The highest BCUT2D eigenvalue weighted by atomic mass is 79.9. The standard InChI is InChI=1S/C8H7BrO.C8H12N2O2.C2H6/c1-6-3-2-4-8(9)7(6)5-10;1-6-7(10(2)11)4-5-8(9-6)12-3;1-2/h2-5H,1H3;4-5,11H,1-3H3;1-2H3. The molecule has 0 fully saturated rings. The zero-order valence-electron chi connectivity index (χ0n) is 15.0. The Balaban J connectivity index is 0.000000405. The number of benzene rings is 1. The van der Waals surface area contributed by atoms with Crippen molar-refractivity contribution in [2.24, 2.45) is 0 Å². The maximum absolute atomic E-state index is 10.4. The van der Waals surface area contributed by atoms with Crippen LogP contribution in [0.15, 0.2) is 34.8 Å². The molecular formula is C18H25BrN2O3. The number of hydrogen-bond donors (Lipinski definition) is 1. The van der Waals surface area contributed by atoms with Gasteiger partial charge >= 0.3 is 0 Å². The average Bonchev–Trinajstić information content (AvgIpc) is 2.57. The van der Waals surface area contributed by atoms with Gasteiger partial charge in [-0.05, 0) is 31.5 Å². The van der Waals surface area contributed by atoms with Crippen molar-refractivity contribution >= 4 is 27.9 Å². The first-order valence-electron chi connectivity index (χ1n) is 7.55. The van der Waals surface area contributed by atoms with Crippen LogP contribution in [0.4, 0.5) is 5.69 Å². The number of hydroxylamine groups is 1. The van der Waals surface area contributed by atoms with Crippen molar-refractivity contribution in [2.45, 2.75) is 27.7 Å². The van der Waals surface area contributed by atoms with Gasteiger partial charge in [0.15, 0.2) is 6.29 Å². The Morgan fingerprint density at radius 2 is 1.83 bits per heavy atom. The van der Waals surface area contributed by atoms with E-state index in [4.69, 9.17) is 9.94 Å². The molecule has 0 spiro atoms. The molecule has 0 atom stereocenters. The first-order chi connectivity index (χ1) is 11.4. The Hall–Kier alpha value is -1.92. The summed E-state index contributed by atoms with van der Waals surface area (Å²) < 4.78 is 5.78. The van der Waals surface area contributed by atoms with Gasteiger partial charge in [0.2, 0.25) is 5.88 Å². The number of aryl methyl sites for hydroxylation is 2. The Morgan fingerprint density at radius 1 is 1.21 bits per heavy atom. The topological polar surface area (TPSA) is 62.7 Å². The lowest BCUT2D eigenvalue weighted by Crippen LogP contribution is -2.12. The van der Waals surface area contributed by atoms with E-state index >= 15 is 0 Å². The summed E-state index contributed by atoms with van der Waals surface area (Å²) in [6, 6.07) is 9.13. The van der Waals surface area contributed by atoms with Crippen molar-refractivity contribution in [2.75, 3.05) is 19.2 Å². The Kier molecular flexibility index (Phi) is 10.7. The zero-order valence-corrected chi connectivity index (χ0v) is 16.6. The van der Waals surface area contributed by atoms with Gasteiger partial charge in [-0.2, -0.15) is 0 Å². The average molecular weight is 397 g/mol. The van der Waals surface area contributed by atoms with Gasteiger partial charge in [0.1, 0.15) is 0 Å². The van der Waals surface area contributed by atoms with E-state index in [0.29, 0.717) is 11.6 Å². The van der Waals surface area contributed by atoms with Crippen LogP contribution >= 0.6 is 15.9 Å². The minimum absolute atomic E-state index is 0.554. The molecule has 0 saturated heterocycles. The van der Waals surface area contributed by atoms with Crippen LogP contribution < -0.4 is 9.80 Å². The molecule has 0 saturated carbocycles. The van der Waals surface area contributed by atoms with Crippen LogP contribution in [0, 0.1) is 13.8 Å². The summed E-state index contributed by atoms with van der Waals surface area (Å²) in [6.07, 6.45) is 0.861. The molecule has 6 heteroatoms. The maximum Gasteiger partial charge on any atom is 0.213 e. The number of nitrogens with zero attached hydrogens (tertiary/aromatic N) is 2. The second-order valence-electron chi connectivity index (χ2n) is 4.57. The van der Waals surface area contributed by atoms with E-state index in [1.807, 2.05) is 45.9 Å². The minimum Gasteiger partial charge on any atom is -0.481 e. The first kappa shape index (κ1) is 22.1. The molecule has 1 aromatic heterocycles. The fourth-order valence-electron chi connectivity index (χ4n) is 1.78. The molecule has 0 amide bonds. The lowest BCUT2D eigenvalue weighted by molar-refractivity contribution is 0.112. The van der Waals surface area contributed by atoms with Gasteiger partial charge in [0.05, 0.1) is 18.5 Å². The third-order valence-electron chi connectivity index (χ3n) is 2.98. The van der Waals surface area contributed by atoms with E-state index in [-0.39, 0.29) is 0 Å². The van der Waals surface area contributed by atoms with E-state index in [1.54, 1.807) is 26.3 Å². The smallest absolute Gasteiger partial charge is 0.213 e. The molecule has 0 radical (unpaired) electrons. The van der Waals surface area contributed by atoms with Crippen molar-refractivity contribution in [3.8, 4) is 5.88 Å². The van der Waals surface area contributed by atoms with Crippen molar-refractivity contribution < 1.29 is 14.7 Å². The monoisotopic (exact) mass is 396 g/mol. The summed E-state index contributed by atoms with van der Waals surface area (Å²) >= 11 is 3.28. The third kappa shape index (κ3) is 6.68. The lowest BCUT2D eigenvalue weighted by atomic mass is 10.1. The molecule has 0 aliphatic heterocycles. The van der Waals surface area contributed by atoms with E-state index < -0.39 is 0 Å². The SMILES string of the molecule is CC.COc1ccc(N(C)O)c(C)n1.Cc1cccc(Br)c1C=O. The number of carbonyl (C=O) groups excluding carboxylic acids is 1. The number of anilines is 1. The molecule has 5 nitrogen and oxygen atoms in total. The molecule has 1 N–H and O–H groups in total. The van der Waals surface area contributed by atoms with E-state index in [1.165, 1.54) is 0 Å². The summed E-state index contributed by atoms with van der Waals surface area (Å²) in [5, 5.41) is 10.2. The van der Waals surface area contributed by atoms with Crippen LogP contribution in [-0.4, -0.2) is 30.6 Å². The van der Waals surface area contributed by atoms with Gasteiger partial charge in [0, 0.05) is 23.2 Å². The van der Waals surface area contributed by atoms with Crippen LogP contribution in [-0.2, 0) is 0 Å². The number of hydrogen-bond acceptors (Lipinski definition) is 5. The van der Waals surface area contributed by atoms with Crippen molar-refractivity contribution in [3.63, 3.8) is 0 Å². The molecule has 2 rings (SSSR count). The fourth-order valence-corrected chi connectivity index (χ4v) is 2.34. The highest BCUT2D eigenvalue weighted by Gasteiger charge is 2.03. The Labute approximate surface area is 152 Å². The second-order valence-corrected chi connectivity index (χ2v) is 5.42. The molecule has 0 aliphatic rings. The molecule has 0 unspecified atom stereocenters. The number of rotatable bonds is 3. The number of aldehydes is 1. The molecular weight excluding hydrogens is 372 g/mol. The highest BCUT2D eigenvalue weighted by Crippen LogP contribution is 2.18. The van der Waals surface area contributed by atoms with E-state index in [2.05, 4.69) is 20.9 Å². The molecule has 2 aromatic rings. The zero-order chi connectivity index (χ0) is 18.7. The van der Waals surface area contributed by atoms with Gasteiger partial charge in [0.25, 0.3) is 0 Å². The third-order valence-corrected chi connectivity index (χ3v) is 3.67. The maximum atomic E-state index is 10.4.